The number of carbonyl (C=O) groups excluding carboxylic acids is 1. The Morgan fingerprint density at radius 2 is 1.95 bits per heavy atom. The Bertz CT molecular complexity index is 632. The van der Waals surface area contributed by atoms with Crippen LogP contribution >= 0.6 is 0 Å². The third kappa shape index (κ3) is 4.58. The van der Waals surface area contributed by atoms with Gasteiger partial charge in [-0.05, 0) is 51.0 Å². The summed E-state index contributed by atoms with van der Waals surface area (Å²) in [6, 6.07) is 5.67. The number of nitrogens with zero attached hydrogens (tertiary/aromatic N) is 2. The first-order valence-electron chi connectivity index (χ1n) is 7.24. The molecule has 0 aliphatic rings. The molecule has 0 saturated carbocycles. The third-order valence-electron chi connectivity index (χ3n) is 3.08. The van der Waals surface area contributed by atoms with Crippen molar-refractivity contribution in [3.8, 4) is 5.75 Å². The van der Waals surface area contributed by atoms with Gasteiger partial charge in [0.15, 0.2) is 5.82 Å². The average Bonchev–Trinajstić information content (AvgIpc) is 2.84. The number of ether oxygens (including phenoxy) is 1. The van der Waals surface area contributed by atoms with Gasteiger partial charge in [-0.1, -0.05) is 11.2 Å². The third-order valence-corrected chi connectivity index (χ3v) is 3.08. The van der Waals surface area contributed by atoms with Crippen molar-refractivity contribution in [2.45, 2.75) is 40.2 Å². The number of hydrogen-bond donors (Lipinski definition) is 1. The smallest absolute Gasteiger partial charge is 0.248 e. The van der Waals surface area contributed by atoms with Crippen LogP contribution in [0.2, 0.25) is 0 Å². The first kappa shape index (κ1) is 16.0. The molecule has 0 saturated heterocycles. The SMILES string of the molecule is Cc1cc(C)cc(OCCC(=O)NC(C)c2nc(C)no2)c1. The Kier molecular flexibility index (Phi) is 5.14. The maximum absolute atomic E-state index is 11.9. The van der Waals surface area contributed by atoms with Gasteiger partial charge in [0.05, 0.1) is 13.0 Å². The number of aryl methyl sites for hydroxylation is 3. The summed E-state index contributed by atoms with van der Waals surface area (Å²) in [5.74, 6) is 1.62. The van der Waals surface area contributed by atoms with Gasteiger partial charge in [0, 0.05) is 0 Å². The van der Waals surface area contributed by atoms with Crippen LogP contribution in [0.1, 0.15) is 42.2 Å². The van der Waals surface area contributed by atoms with Crippen molar-refractivity contribution < 1.29 is 14.1 Å². The molecule has 1 aromatic carbocycles. The minimum Gasteiger partial charge on any atom is -0.493 e. The Morgan fingerprint density at radius 3 is 2.55 bits per heavy atom. The Morgan fingerprint density at radius 1 is 1.27 bits per heavy atom. The molecule has 118 valence electrons. The molecule has 6 nitrogen and oxygen atoms in total. The second kappa shape index (κ2) is 7.06. The fraction of sp³-hybridized carbons (Fsp3) is 0.438. The lowest BCUT2D eigenvalue weighted by Gasteiger charge is -2.11. The lowest BCUT2D eigenvalue weighted by atomic mass is 10.1. The number of hydrogen-bond acceptors (Lipinski definition) is 5. The molecule has 1 amide bonds. The van der Waals surface area contributed by atoms with E-state index in [2.05, 4.69) is 21.5 Å². The molecule has 6 heteroatoms. The molecule has 0 radical (unpaired) electrons. The number of rotatable bonds is 6. The second-order valence-electron chi connectivity index (χ2n) is 5.39. The van der Waals surface area contributed by atoms with E-state index >= 15 is 0 Å². The summed E-state index contributed by atoms with van der Waals surface area (Å²) in [5.41, 5.74) is 2.28. The maximum Gasteiger partial charge on any atom is 0.248 e. The molecule has 0 spiro atoms. The van der Waals surface area contributed by atoms with E-state index in [-0.39, 0.29) is 18.4 Å². The Labute approximate surface area is 129 Å². The van der Waals surface area contributed by atoms with Gasteiger partial charge in [0.25, 0.3) is 0 Å². The molecule has 0 fully saturated rings. The van der Waals surface area contributed by atoms with Crippen molar-refractivity contribution in [3.63, 3.8) is 0 Å². The van der Waals surface area contributed by atoms with Crippen LogP contribution in [0.3, 0.4) is 0 Å². The van der Waals surface area contributed by atoms with Crippen molar-refractivity contribution in [3.05, 3.63) is 41.0 Å². The van der Waals surface area contributed by atoms with E-state index in [9.17, 15) is 4.79 Å². The lowest BCUT2D eigenvalue weighted by Crippen LogP contribution is -2.28. The summed E-state index contributed by atoms with van der Waals surface area (Å²) in [4.78, 5) is 16.0. The molecule has 0 bridgehead atoms. The Hall–Kier alpha value is -2.37. The molecule has 1 aromatic heterocycles. The quantitative estimate of drug-likeness (QED) is 0.887. The zero-order chi connectivity index (χ0) is 16.1. The number of carbonyl (C=O) groups is 1. The van der Waals surface area contributed by atoms with Crippen LogP contribution in [0.5, 0.6) is 5.75 Å². The summed E-state index contributed by atoms with van der Waals surface area (Å²) in [5, 5.41) is 6.50. The molecule has 2 rings (SSSR count). The highest BCUT2D eigenvalue weighted by atomic mass is 16.5. The summed E-state index contributed by atoms with van der Waals surface area (Å²) in [6.07, 6.45) is 0.268. The zero-order valence-corrected chi connectivity index (χ0v) is 13.3. The van der Waals surface area contributed by atoms with Gasteiger partial charge in [-0.25, -0.2) is 0 Å². The fourth-order valence-electron chi connectivity index (χ4n) is 2.14. The van der Waals surface area contributed by atoms with Gasteiger partial charge in [-0.15, -0.1) is 0 Å². The predicted molar refractivity (Wildman–Crippen MR) is 81.6 cm³/mol. The van der Waals surface area contributed by atoms with Gasteiger partial charge >= 0.3 is 0 Å². The van der Waals surface area contributed by atoms with Crippen LogP contribution in [0.15, 0.2) is 22.7 Å². The molecular weight excluding hydrogens is 282 g/mol. The summed E-state index contributed by atoms with van der Waals surface area (Å²) >= 11 is 0. The molecule has 0 aliphatic carbocycles. The topological polar surface area (TPSA) is 77.2 Å². The monoisotopic (exact) mass is 303 g/mol. The first-order valence-corrected chi connectivity index (χ1v) is 7.24. The van der Waals surface area contributed by atoms with Crippen LogP contribution < -0.4 is 10.1 Å². The predicted octanol–water partition coefficient (Wildman–Crippen LogP) is 2.64. The largest absolute Gasteiger partial charge is 0.493 e. The van der Waals surface area contributed by atoms with Crippen molar-refractivity contribution >= 4 is 5.91 Å². The van der Waals surface area contributed by atoms with Crippen LogP contribution in [0.25, 0.3) is 0 Å². The normalized spacial score (nSPS) is 12.0. The van der Waals surface area contributed by atoms with E-state index in [1.807, 2.05) is 26.0 Å². The molecular formula is C16H21N3O3. The van der Waals surface area contributed by atoms with Crippen LogP contribution in [-0.4, -0.2) is 22.7 Å². The van der Waals surface area contributed by atoms with Crippen molar-refractivity contribution in [1.82, 2.24) is 15.5 Å². The van der Waals surface area contributed by atoms with Crippen LogP contribution in [0, 0.1) is 20.8 Å². The number of amides is 1. The van der Waals surface area contributed by atoms with Gasteiger partial charge in [-0.2, -0.15) is 4.98 Å². The number of aromatic nitrogens is 2. The van der Waals surface area contributed by atoms with Gasteiger partial charge in [-0.3, -0.25) is 4.79 Å². The highest BCUT2D eigenvalue weighted by Crippen LogP contribution is 2.16. The van der Waals surface area contributed by atoms with Crippen molar-refractivity contribution in [1.29, 1.82) is 0 Å². The second-order valence-corrected chi connectivity index (χ2v) is 5.39. The van der Waals surface area contributed by atoms with Gasteiger partial charge in [0.1, 0.15) is 11.8 Å². The van der Waals surface area contributed by atoms with Gasteiger partial charge < -0.3 is 14.6 Å². The summed E-state index contributed by atoms with van der Waals surface area (Å²) in [6.45, 7) is 7.89. The Balaban J connectivity index is 1.78. The van der Waals surface area contributed by atoms with Crippen molar-refractivity contribution in [2.75, 3.05) is 6.61 Å². The highest BCUT2D eigenvalue weighted by Gasteiger charge is 2.15. The van der Waals surface area contributed by atoms with E-state index in [0.717, 1.165) is 16.9 Å². The standard InChI is InChI=1S/C16H21N3O3/c1-10-7-11(2)9-14(8-10)21-6-5-15(20)17-12(3)16-18-13(4)19-22-16/h7-9,12H,5-6H2,1-4H3,(H,17,20). The zero-order valence-electron chi connectivity index (χ0n) is 13.3. The molecule has 22 heavy (non-hydrogen) atoms. The van der Waals surface area contributed by atoms with E-state index in [4.69, 9.17) is 9.26 Å². The highest BCUT2D eigenvalue weighted by molar-refractivity contribution is 5.76. The van der Waals surface area contributed by atoms with Crippen LogP contribution in [-0.2, 0) is 4.79 Å². The van der Waals surface area contributed by atoms with Gasteiger partial charge in [0.2, 0.25) is 11.8 Å². The maximum atomic E-state index is 11.9. The van der Waals surface area contributed by atoms with E-state index in [0.29, 0.717) is 18.3 Å². The molecule has 1 heterocycles. The molecule has 1 N–H and O–H groups in total. The van der Waals surface area contributed by atoms with E-state index < -0.39 is 0 Å². The first-order chi connectivity index (χ1) is 10.4. The van der Waals surface area contributed by atoms with E-state index in [1.165, 1.54) is 0 Å². The van der Waals surface area contributed by atoms with Crippen LogP contribution in [0.4, 0.5) is 0 Å². The molecule has 1 unspecified atom stereocenters. The molecule has 0 aliphatic heterocycles. The summed E-state index contributed by atoms with van der Waals surface area (Å²) < 4.78 is 10.6. The van der Waals surface area contributed by atoms with E-state index in [1.54, 1.807) is 13.8 Å². The summed E-state index contributed by atoms with van der Waals surface area (Å²) in [7, 11) is 0. The lowest BCUT2D eigenvalue weighted by molar-refractivity contribution is -0.122. The van der Waals surface area contributed by atoms with Crippen molar-refractivity contribution in [2.24, 2.45) is 0 Å². The number of benzene rings is 1. The average molecular weight is 303 g/mol. The minimum absolute atomic E-state index is 0.118. The molecule has 1 atom stereocenters. The fourth-order valence-corrected chi connectivity index (χ4v) is 2.14. The molecule has 2 aromatic rings. The minimum atomic E-state index is -0.310. The number of nitrogens with one attached hydrogen (secondary N) is 1.